The molecule has 5 heteroatoms. The highest BCUT2D eigenvalue weighted by atomic mass is 16.2. The second-order valence-corrected chi connectivity index (χ2v) is 5.00. The van der Waals surface area contributed by atoms with Gasteiger partial charge in [0.15, 0.2) is 0 Å². The van der Waals surface area contributed by atoms with Crippen LogP contribution in [0.1, 0.15) is 20.8 Å². The van der Waals surface area contributed by atoms with Crippen LogP contribution >= 0.6 is 0 Å². The molecule has 3 aromatic rings. The summed E-state index contributed by atoms with van der Waals surface area (Å²) in [5.41, 5.74) is 3.92. The van der Waals surface area contributed by atoms with Gasteiger partial charge in [0, 0.05) is 11.8 Å². The summed E-state index contributed by atoms with van der Waals surface area (Å²) in [5.74, 6) is -0.783. The Morgan fingerprint density at radius 1 is 0.792 bits per heavy atom. The molecular weight excluding hydrogens is 302 g/mol. The highest BCUT2D eigenvalue weighted by Crippen LogP contribution is 2.14. The smallest absolute Gasteiger partial charge is 0.267 e. The van der Waals surface area contributed by atoms with E-state index in [1.807, 2.05) is 12.1 Å². The van der Waals surface area contributed by atoms with Crippen LogP contribution in [-0.2, 0) is 0 Å². The molecule has 0 spiro atoms. The zero-order valence-electron chi connectivity index (χ0n) is 12.8. The maximum Gasteiger partial charge on any atom is 0.295 e. The third-order valence-corrected chi connectivity index (χ3v) is 3.35. The van der Waals surface area contributed by atoms with Gasteiger partial charge in [0.05, 0.1) is 5.69 Å². The van der Waals surface area contributed by atoms with E-state index in [-0.39, 0.29) is 11.6 Å². The van der Waals surface area contributed by atoms with Crippen molar-refractivity contribution in [2.75, 3.05) is 5.01 Å². The number of nitrogens with zero attached hydrogens (tertiary/aromatic N) is 2. The van der Waals surface area contributed by atoms with Crippen LogP contribution in [0.5, 0.6) is 0 Å². The Balaban J connectivity index is 1.91. The summed E-state index contributed by atoms with van der Waals surface area (Å²) >= 11 is 0. The second kappa shape index (κ2) is 7.19. The van der Waals surface area contributed by atoms with Crippen LogP contribution in [-0.4, -0.2) is 16.8 Å². The molecule has 1 heterocycles. The van der Waals surface area contributed by atoms with Crippen molar-refractivity contribution in [1.29, 1.82) is 0 Å². The lowest BCUT2D eigenvalue weighted by Gasteiger charge is -2.23. The lowest BCUT2D eigenvalue weighted by atomic mass is 10.2. The molecule has 0 aliphatic carbocycles. The van der Waals surface area contributed by atoms with E-state index in [1.54, 1.807) is 66.7 Å². The fourth-order valence-electron chi connectivity index (χ4n) is 2.17. The monoisotopic (exact) mass is 317 g/mol. The average molecular weight is 317 g/mol. The Kier molecular flexibility index (Phi) is 4.62. The van der Waals surface area contributed by atoms with Crippen LogP contribution in [0.3, 0.4) is 0 Å². The molecule has 0 radical (unpaired) electrons. The molecule has 2 amide bonds. The van der Waals surface area contributed by atoms with E-state index >= 15 is 0 Å². The number of pyridine rings is 1. The molecule has 0 aliphatic heterocycles. The molecule has 0 unspecified atom stereocenters. The number of rotatable bonds is 3. The number of hydrogen-bond donors (Lipinski definition) is 1. The topological polar surface area (TPSA) is 62.3 Å². The van der Waals surface area contributed by atoms with Crippen molar-refractivity contribution in [3.63, 3.8) is 0 Å². The van der Waals surface area contributed by atoms with Gasteiger partial charge in [0.1, 0.15) is 5.69 Å². The molecule has 1 aromatic heterocycles. The highest BCUT2D eigenvalue weighted by molar-refractivity contribution is 6.08. The van der Waals surface area contributed by atoms with Crippen LogP contribution in [0, 0.1) is 0 Å². The highest BCUT2D eigenvalue weighted by Gasteiger charge is 2.21. The molecule has 0 saturated carbocycles. The number of carbonyl (C=O) groups is 2. The van der Waals surface area contributed by atoms with Crippen molar-refractivity contribution in [3.05, 3.63) is 96.3 Å². The van der Waals surface area contributed by atoms with Crippen LogP contribution in [0.25, 0.3) is 0 Å². The fraction of sp³-hybridized carbons (Fsp3) is 0. The number of hydrazine groups is 1. The molecule has 0 saturated heterocycles. The Hall–Kier alpha value is -3.47. The molecule has 0 fully saturated rings. The molecule has 0 bridgehead atoms. The third-order valence-electron chi connectivity index (χ3n) is 3.35. The van der Waals surface area contributed by atoms with Crippen LogP contribution < -0.4 is 10.4 Å². The van der Waals surface area contributed by atoms with Gasteiger partial charge in [-0.3, -0.25) is 20.0 Å². The van der Waals surface area contributed by atoms with Gasteiger partial charge < -0.3 is 0 Å². The number of aromatic nitrogens is 1. The summed E-state index contributed by atoms with van der Waals surface area (Å²) in [7, 11) is 0. The molecular formula is C19H15N3O2. The van der Waals surface area contributed by atoms with Gasteiger partial charge in [-0.2, -0.15) is 0 Å². The average Bonchev–Trinajstić information content (AvgIpc) is 2.67. The Morgan fingerprint density at radius 2 is 1.42 bits per heavy atom. The predicted octanol–water partition coefficient (Wildman–Crippen LogP) is 3.07. The first kappa shape index (κ1) is 15.4. The largest absolute Gasteiger partial charge is 0.295 e. The minimum atomic E-state index is -0.411. The quantitative estimate of drug-likeness (QED) is 0.755. The van der Waals surface area contributed by atoms with Gasteiger partial charge in [0.2, 0.25) is 0 Å². The Morgan fingerprint density at radius 3 is 2.04 bits per heavy atom. The molecule has 2 aromatic carbocycles. The summed E-state index contributed by atoms with van der Waals surface area (Å²) in [4.78, 5) is 29.3. The third kappa shape index (κ3) is 3.47. The van der Waals surface area contributed by atoms with Crippen LogP contribution in [0.15, 0.2) is 85.1 Å². The van der Waals surface area contributed by atoms with Crippen molar-refractivity contribution in [2.24, 2.45) is 0 Å². The molecule has 0 atom stereocenters. The van der Waals surface area contributed by atoms with Gasteiger partial charge >= 0.3 is 0 Å². The molecule has 0 aliphatic rings. The van der Waals surface area contributed by atoms with Gasteiger partial charge in [-0.1, -0.05) is 42.5 Å². The number of anilines is 1. The molecule has 3 rings (SSSR count). The maximum atomic E-state index is 12.8. The van der Waals surface area contributed by atoms with E-state index in [1.165, 1.54) is 11.2 Å². The molecule has 1 N–H and O–H groups in total. The number of carbonyl (C=O) groups excluding carboxylic acids is 2. The second-order valence-electron chi connectivity index (χ2n) is 5.00. The minimum Gasteiger partial charge on any atom is -0.267 e. The summed E-state index contributed by atoms with van der Waals surface area (Å²) in [6.45, 7) is 0. The van der Waals surface area contributed by atoms with E-state index in [2.05, 4.69) is 10.4 Å². The minimum absolute atomic E-state index is 0.245. The first-order valence-electron chi connectivity index (χ1n) is 7.42. The number of nitrogens with one attached hydrogen (secondary N) is 1. The normalized spacial score (nSPS) is 10.0. The molecule has 24 heavy (non-hydrogen) atoms. The lowest BCUT2D eigenvalue weighted by molar-refractivity contribution is 0.0885. The van der Waals surface area contributed by atoms with Gasteiger partial charge in [-0.15, -0.1) is 0 Å². The summed E-state index contributed by atoms with van der Waals surface area (Å²) < 4.78 is 0. The number of amides is 2. The Labute approximate surface area is 139 Å². The number of para-hydroxylation sites is 1. The van der Waals surface area contributed by atoms with E-state index < -0.39 is 5.91 Å². The van der Waals surface area contributed by atoms with Crippen LogP contribution in [0.2, 0.25) is 0 Å². The van der Waals surface area contributed by atoms with Crippen molar-refractivity contribution < 1.29 is 9.59 Å². The lowest BCUT2D eigenvalue weighted by Crippen LogP contribution is -2.46. The summed E-state index contributed by atoms with van der Waals surface area (Å²) in [5, 5.41) is 1.21. The van der Waals surface area contributed by atoms with E-state index in [0.29, 0.717) is 11.3 Å². The molecule has 5 nitrogen and oxygen atoms in total. The van der Waals surface area contributed by atoms with Gasteiger partial charge in [-0.25, -0.2) is 5.01 Å². The van der Waals surface area contributed by atoms with E-state index in [9.17, 15) is 9.59 Å². The van der Waals surface area contributed by atoms with Gasteiger partial charge in [-0.05, 0) is 36.4 Å². The predicted molar refractivity (Wildman–Crippen MR) is 91.4 cm³/mol. The summed E-state index contributed by atoms with van der Waals surface area (Å²) in [6, 6.07) is 22.7. The van der Waals surface area contributed by atoms with Crippen LogP contribution in [0.4, 0.5) is 5.69 Å². The number of hydrogen-bond acceptors (Lipinski definition) is 3. The molecule has 118 valence electrons. The first-order valence-corrected chi connectivity index (χ1v) is 7.42. The fourth-order valence-corrected chi connectivity index (χ4v) is 2.17. The maximum absolute atomic E-state index is 12.8. The standard InChI is InChI=1S/C19H15N3O2/c23-18(15-9-3-1-4-10-15)21-22(16-11-5-2-6-12-16)19(24)17-13-7-8-14-20-17/h1-14H,(H,21,23). The van der Waals surface area contributed by atoms with Crippen molar-refractivity contribution >= 4 is 17.5 Å². The van der Waals surface area contributed by atoms with Gasteiger partial charge in [0.25, 0.3) is 11.8 Å². The zero-order valence-corrected chi connectivity index (χ0v) is 12.8. The first-order chi connectivity index (χ1) is 11.8. The zero-order chi connectivity index (χ0) is 16.8. The summed E-state index contributed by atoms with van der Waals surface area (Å²) in [6.07, 6.45) is 1.54. The SMILES string of the molecule is O=C(NN(C(=O)c1ccccn1)c1ccccc1)c1ccccc1. The van der Waals surface area contributed by atoms with Crippen molar-refractivity contribution in [2.45, 2.75) is 0 Å². The number of benzene rings is 2. The van der Waals surface area contributed by atoms with Crippen molar-refractivity contribution in [3.8, 4) is 0 Å². The van der Waals surface area contributed by atoms with Crippen molar-refractivity contribution in [1.82, 2.24) is 10.4 Å². The Bertz CT molecular complexity index is 821. The van der Waals surface area contributed by atoms with E-state index in [0.717, 1.165) is 0 Å². The van der Waals surface area contributed by atoms with E-state index in [4.69, 9.17) is 0 Å².